The summed E-state index contributed by atoms with van der Waals surface area (Å²) in [6.07, 6.45) is 0.914. The van der Waals surface area contributed by atoms with Crippen LogP contribution in [-0.2, 0) is 7.05 Å². The summed E-state index contributed by atoms with van der Waals surface area (Å²) in [7, 11) is 1.85. The first-order valence-electron chi connectivity index (χ1n) is 8.02. The Kier molecular flexibility index (Phi) is 5.75. The lowest BCUT2D eigenvalue weighted by molar-refractivity contribution is 0.101. The van der Waals surface area contributed by atoms with Gasteiger partial charge in [0.05, 0.1) is 12.4 Å². The molecule has 0 radical (unpaired) electrons. The Labute approximate surface area is 155 Å². The second kappa shape index (κ2) is 8.20. The topological polar surface area (TPSA) is 90.4 Å². The van der Waals surface area contributed by atoms with E-state index in [2.05, 4.69) is 10.2 Å². The molecule has 0 amide bonds. The van der Waals surface area contributed by atoms with Gasteiger partial charge in [-0.1, -0.05) is 11.8 Å². The van der Waals surface area contributed by atoms with Crippen molar-refractivity contribution in [1.82, 2.24) is 14.8 Å². The van der Waals surface area contributed by atoms with Gasteiger partial charge in [0.25, 0.3) is 0 Å². The lowest BCUT2D eigenvalue weighted by Gasteiger charge is -2.12. The molecule has 3 rings (SSSR count). The number of carbonyl (C=O) groups is 1. The van der Waals surface area contributed by atoms with E-state index in [0.717, 1.165) is 0 Å². The second-order valence-corrected chi connectivity index (χ2v) is 6.69. The van der Waals surface area contributed by atoms with Gasteiger partial charge in [-0.3, -0.25) is 4.79 Å². The van der Waals surface area contributed by atoms with Crippen LogP contribution in [0.5, 0.6) is 5.75 Å². The predicted molar refractivity (Wildman–Crippen MR) is 97.4 cm³/mol. The van der Waals surface area contributed by atoms with Gasteiger partial charge in [-0.15, -0.1) is 10.2 Å². The van der Waals surface area contributed by atoms with Crippen molar-refractivity contribution >= 4 is 17.5 Å². The van der Waals surface area contributed by atoms with Gasteiger partial charge in [0, 0.05) is 18.4 Å². The molecular weight excluding hydrogens is 354 g/mol. The zero-order chi connectivity index (χ0) is 18.5. The van der Waals surface area contributed by atoms with Crippen LogP contribution in [0, 0.1) is 0 Å². The van der Waals surface area contributed by atoms with Crippen LogP contribution in [0.15, 0.2) is 52.2 Å². The highest BCUT2D eigenvalue weighted by Gasteiger charge is 2.15. The lowest BCUT2D eigenvalue weighted by Crippen LogP contribution is -2.20. The SMILES string of the molecule is CC(=O)c1ccc(OCC(O)CSc2nnc(-c3ccco3)n2C)cc1. The molecule has 0 aliphatic carbocycles. The van der Waals surface area contributed by atoms with Gasteiger partial charge in [0.2, 0.25) is 0 Å². The van der Waals surface area contributed by atoms with Crippen molar-refractivity contribution in [3.8, 4) is 17.3 Å². The Hall–Kier alpha value is -2.58. The fourth-order valence-electron chi connectivity index (χ4n) is 2.26. The number of benzene rings is 1. The summed E-state index contributed by atoms with van der Waals surface area (Å²) in [4.78, 5) is 11.2. The summed E-state index contributed by atoms with van der Waals surface area (Å²) in [6.45, 7) is 1.66. The van der Waals surface area contributed by atoms with E-state index in [-0.39, 0.29) is 12.4 Å². The number of aromatic nitrogens is 3. The average molecular weight is 373 g/mol. The molecule has 0 aliphatic rings. The Morgan fingerprint density at radius 1 is 1.31 bits per heavy atom. The molecule has 8 heteroatoms. The van der Waals surface area contributed by atoms with Crippen molar-refractivity contribution in [2.75, 3.05) is 12.4 Å². The monoisotopic (exact) mass is 373 g/mol. The zero-order valence-electron chi connectivity index (χ0n) is 14.5. The number of carbonyl (C=O) groups excluding carboxylic acids is 1. The van der Waals surface area contributed by atoms with E-state index in [0.29, 0.717) is 33.8 Å². The minimum atomic E-state index is -0.670. The van der Waals surface area contributed by atoms with Crippen LogP contribution in [0.25, 0.3) is 11.6 Å². The van der Waals surface area contributed by atoms with Gasteiger partial charge in [-0.2, -0.15) is 0 Å². The molecular formula is C18H19N3O4S. The zero-order valence-corrected chi connectivity index (χ0v) is 15.3. The third kappa shape index (κ3) is 4.33. The first-order valence-corrected chi connectivity index (χ1v) is 9.01. The number of Topliss-reactive ketones (excluding diaryl/α,β-unsaturated/α-hetero) is 1. The van der Waals surface area contributed by atoms with Gasteiger partial charge in [0.15, 0.2) is 22.5 Å². The molecule has 0 spiro atoms. The summed E-state index contributed by atoms with van der Waals surface area (Å²) in [5.74, 6) is 2.30. The maximum atomic E-state index is 11.2. The fraction of sp³-hybridized carbons (Fsp3) is 0.278. The second-order valence-electron chi connectivity index (χ2n) is 5.70. The summed E-state index contributed by atoms with van der Waals surface area (Å²) in [5.41, 5.74) is 0.628. The van der Waals surface area contributed by atoms with Crippen LogP contribution in [0.3, 0.4) is 0 Å². The van der Waals surface area contributed by atoms with Crippen molar-refractivity contribution in [3.05, 3.63) is 48.2 Å². The molecule has 1 atom stereocenters. The molecule has 0 aliphatic heterocycles. The highest BCUT2D eigenvalue weighted by atomic mass is 32.2. The number of hydrogen-bond acceptors (Lipinski definition) is 7. The van der Waals surface area contributed by atoms with Crippen molar-refractivity contribution < 1.29 is 19.1 Å². The largest absolute Gasteiger partial charge is 0.491 e. The molecule has 2 heterocycles. The predicted octanol–water partition coefficient (Wildman–Crippen LogP) is 2.81. The van der Waals surface area contributed by atoms with Crippen LogP contribution in [0.4, 0.5) is 0 Å². The van der Waals surface area contributed by atoms with Crippen molar-refractivity contribution in [3.63, 3.8) is 0 Å². The van der Waals surface area contributed by atoms with Gasteiger partial charge in [0.1, 0.15) is 12.4 Å². The van der Waals surface area contributed by atoms with E-state index in [1.165, 1.54) is 18.7 Å². The molecule has 0 bridgehead atoms. The van der Waals surface area contributed by atoms with Gasteiger partial charge in [-0.25, -0.2) is 0 Å². The third-order valence-corrected chi connectivity index (χ3v) is 4.85. The Bertz CT molecular complexity index is 859. The van der Waals surface area contributed by atoms with E-state index < -0.39 is 6.10 Å². The average Bonchev–Trinajstić information content (AvgIpc) is 3.28. The number of thioether (sulfide) groups is 1. The Balaban J connectivity index is 1.50. The number of rotatable bonds is 8. The Morgan fingerprint density at radius 3 is 2.73 bits per heavy atom. The molecule has 0 saturated carbocycles. The number of furan rings is 1. The highest BCUT2D eigenvalue weighted by molar-refractivity contribution is 7.99. The maximum Gasteiger partial charge on any atom is 0.200 e. The third-order valence-electron chi connectivity index (χ3n) is 3.68. The van der Waals surface area contributed by atoms with E-state index in [4.69, 9.17) is 9.15 Å². The van der Waals surface area contributed by atoms with Gasteiger partial charge < -0.3 is 18.8 Å². The normalized spacial score (nSPS) is 12.1. The summed E-state index contributed by atoms with van der Waals surface area (Å²) in [5, 5.41) is 19.0. The van der Waals surface area contributed by atoms with Crippen molar-refractivity contribution in [2.24, 2.45) is 7.05 Å². The highest BCUT2D eigenvalue weighted by Crippen LogP contribution is 2.23. The first-order chi connectivity index (χ1) is 12.5. The maximum absolute atomic E-state index is 11.2. The number of hydrogen-bond donors (Lipinski definition) is 1. The van der Waals surface area contributed by atoms with E-state index in [1.807, 2.05) is 17.7 Å². The Morgan fingerprint density at radius 2 is 2.08 bits per heavy atom. The summed E-state index contributed by atoms with van der Waals surface area (Å²) >= 11 is 1.39. The number of aliphatic hydroxyl groups is 1. The molecule has 1 aromatic carbocycles. The first kappa shape index (κ1) is 18.2. The number of nitrogens with zero attached hydrogens (tertiary/aromatic N) is 3. The van der Waals surface area contributed by atoms with Gasteiger partial charge in [-0.05, 0) is 43.3 Å². The minimum Gasteiger partial charge on any atom is -0.491 e. The molecule has 26 heavy (non-hydrogen) atoms. The molecule has 7 nitrogen and oxygen atoms in total. The molecule has 0 saturated heterocycles. The number of ketones is 1. The van der Waals surface area contributed by atoms with Gasteiger partial charge >= 0.3 is 0 Å². The number of ether oxygens (including phenoxy) is 1. The molecule has 1 N–H and O–H groups in total. The molecule has 1 unspecified atom stereocenters. The van der Waals surface area contributed by atoms with Crippen LogP contribution >= 0.6 is 11.8 Å². The van der Waals surface area contributed by atoms with E-state index in [9.17, 15) is 9.90 Å². The molecule has 136 valence electrons. The quantitative estimate of drug-likeness (QED) is 0.479. The number of aliphatic hydroxyl groups excluding tert-OH is 1. The van der Waals surface area contributed by atoms with E-state index >= 15 is 0 Å². The molecule has 3 aromatic rings. The molecule has 0 fully saturated rings. The van der Waals surface area contributed by atoms with Crippen LogP contribution in [-0.4, -0.2) is 44.1 Å². The van der Waals surface area contributed by atoms with Crippen molar-refractivity contribution in [1.29, 1.82) is 0 Å². The van der Waals surface area contributed by atoms with Crippen LogP contribution in [0.1, 0.15) is 17.3 Å². The van der Waals surface area contributed by atoms with Crippen LogP contribution < -0.4 is 4.74 Å². The smallest absolute Gasteiger partial charge is 0.200 e. The fourth-order valence-corrected chi connectivity index (χ4v) is 3.07. The summed E-state index contributed by atoms with van der Waals surface area (Å²) < 4.78 is 12.7. The lowest BCUT2D eigenvalue weighted by atomic mass is 10.1. The van der Waals surface area contributed by atoms with Crippen molar-refractivity contribution in [2.45, 2.75) is 18.2 Å². The summed E-state index contributed by atoms with van der Waals surface area (Å²) in [6, 6.07) is 10.5. The standard InChI is InChI=1S/C18H19N3O4S/c1-12(22)13-5-7-15(8-6-13)25-10-14(23)11-26-18-20-19-17(21(18)2)16-4-3-9-24-16/h3-9,14,23H,10-11H2,1-2H3. The van der Waals surface area contributed by atoms with E-state index in [1.54, 1.807) is 36.6 Å². The van der Waals surface area contributed by atoms with Crippen LogP contribution in [0.2, 0.25) is 0 Å². The minimum absolute atomic E-state index is 0.00517. The molecule has 2 aromatic heterocycles.